The van der Waals surface area contributed by atoms with Crippen molar-refractivity contribution in [2.75, 3.05) is 12.8 Å². The van der Waals surface area contributed by atoms with Crippen LogP contribution in [0.25, 0.3) is 11.3 Å². The Morgan fingerprint density at radius 1 is 1.00 bits per heavy atom. The van der Waals surface area contributed by atoms with E-state index in [1.165, 1.54) is 0 Å². The van der Waals surface area contributed by atoms with E-state index in [1.54, 1.807) is 25.3 Å². The lowest BCUT2D eigenvalue weighted by molar-refractivity contribution is 0.406. The Bertz CT molecular complexity index is 828. The first-order valence-corrected chi connectivity index (χ1v) is 7.11. The summed E-state index contributed by atoms with van der Waals surface area (Å²) in [6.45, 7) is 0. The number of hydrogen-bond donors (Lipinski definition) is 1. The smallest absolute Gasteiger partial charge is 0.265 e. The van der Waals surface area contributed by atoms with Crippen LogP contribution >= 0.6 is 11.6 Å². The molecule has 0 spiro atoms. The number of aromatic nitrogens is 3. The standard InChI is InChI=1S/C16H13ClN4O2/c1-22-12-7-11(17)8-13(9-12)23-15-14(19-16(18)21-20-15)10-5-3-2-4-6-10/h2-9H,1H3,(H2,18,19,21). The Hall–Kier alpha value is -2.86. The molecule has 2 aromatic carbocycles. The highest BCUT2D eigenvalue weighted by Gasteiger charge is 2.13. The molecule has 0 unspecified atom stereocenters. The lowest BCUT2D eigenvalue weighted by Gasteiger charge is -2.10. The molecule has 1 aromatic heterocycles. The van der Waals surface area contributed by atoms with Gasteiger partial charge in [-0.05, 0) is 12.1 Å². The van der Waals surface area contributed by atoms with Crippen molar-refractivity contribution >= 4 is 17.5 Å². The molecule has 0 saturated carbocycles. The van der Waals surface area contributed by atoms with E-state index in [9.17, 15) is 0 Å². The molecule has 0 fully saturated rings. The molecule has 0 saturated heterocycles. The van der Waals surface area contributed by atoms with Crippen molar-refractivity contribution in [1.82, 2.24) is 15.2 Å². The molecule has 0 amide bonds. The number of benzene rings is 2. The molecular weight excluding hydrogens is 316 g/mol. The zero-order chi connectivity index (χ0) is 16.2. The Kier molecular flexibility index (Phi) is 4.25. The van der Waals surface area contributed by atoms with Crippen molar-refractivity contribution in [3.8, 4) is 28.6 Å². The first-order valence-electron chi connectivity index (χ1n) is 6.74. The molecular formula is C16H13ClN4O2. The minimum Gasteiger partial charge on any atom is -0.497 e. The third-order valence-electron chi connectivity index (χ3n) is 3.01. The van der Waals surface area contributed by atoms with Crippen molar-refractivity contribution in [3.63, 3.8) is 0 Å². The monoisotopic (exact) mass is 328 g/mol. The number of nitrogens with zero attached hydrogens (tertiary/aromatic N) is 3. The van der Waals surface area contributed by atoms with Crippen LogP contribution < -0.4 is 15.2 Å². The fraction of sp³-hybridized carbons (Fsp3) is 0.0625. The van der Waals surface area contributed by atoms with Gasteiger partial charge < -0.3 is 15.2 Å². The van der Waals surface area contributed by atoms with Crippen LogP contribution in [0.1, 0.15) is 0 Å². The summed E-state index contributed by atoms with van der Waals surface area (Å²) in [5.74, 6) is 1.34. The molecule has 1 heterocycles. The predicted molar refractivity (Wildman–Crippen MR) is 87.8 cm³/mol. The van der Waals surface area contributed by atoms with Gasteiger partial charge in [0.25, 0.3) is 5.88 Å². The molecule has 0 atom stereocenters. The van der Waals surface area contributed by atoms with Crippen LogP contribution in [0.2, 0.25) is 5.02 Å². The van der Waals surface area contributed by atoms with Crippen LogP contribution in [0.4, 0.5) is 5.95 Å². The average Bonchev–Trinajstić information content (AvgIpc) is 2.56. The molecule has 7 heteroatoms. The van der Waals surface area contributed by atoms with E-state index in [-0.39, 0.29) is 11.8 Å². The molecule has 3 rings (SSSR count). The summed E-state index contributed by atoms with van der Waals surface area (Å²) in [6.07, 6.45) is 0. The average molecular weight is 329 g/mol. The Morgan fingerprint density at radius 3 is 2.48 bits per heavy atom. The molecule has 0 aliphatic heterocycles. The summed E-state index contributed by atoms with van der Waals surface area (Å²) >= 11 is 6.05. The largest absolute Gasteiger partial charge is 0.497 e. The second-order valence-electron chi connectivity index (χ2n) is 4.62. The molecule has 2 N–H and O–H groups in total. The minimum atomic E-state index is 0.0693. The van der Waals surface area contributed by atoms with Crippen LogP contribution in [-0.4, -0.2) is 22.3 Å². The van der Waals surface area contributed by atoms with Gasteiger partial charge in [-0.1, -0.05) is 41.9 Å². The van der Waals surface area contributed by atoms with E-state index in [1.807, 2.05) is 30.3 Å². The summed E-state index contributed by atoms with van der Waals surface area (Å²) < 4.78 is 11.0. The molecule has 3 aromatic rings. The van der Waals surface area contributed by atoms with Gasteiger partial charge in [0.2, 0.25) is 5.95 Å². The van der Waals surface area contributed by atoms with E-state index in [0.29, 0.717) is 22.2 Å². The van der Waals surface area contributed by atoms with Gasteiger partial charge in [-0.3, -0.25) is 0 Å². The quantitative estimate of drug-likeness (QED) is 0.788. The van der Waals surface area contributed by atoms with Crippen LogP contribution in [0.15, 0.2) is 48.5 Å². The van der Waals surface area contributed by atoms with Crippen molar-refractivity contribution in [3.05, 3.63) is 53.6 Å². The molecule has 0 bridgehead atoms. The van der Waals surface area contributed by atoms with Gasteiger partial charge in [-0.15, -0.1) is 10.2 Å². The van der Waals surface area contributed by atoms with Crippen LogP contribution in [0, 0.1) is 0 Å². The number of ether oxygens (including phenoxy) is 2. The minimum absolute atomic E-state index is 0.0693. The van der Waals surface area contributed by atoms with Crippen molar-refractivity contribution in [2.45, 2.75) is 0 Å². The maximum absolute atomic E-state index is 6.05. The topological polar surface area (TPSA) is 83.2 Å². The Labute approximate surface area is 137 Å². The number of anilines is 1. The van der Waals surface area contributed by atoms with E-state index in [0.717, 1.165) is 5.56 Å². The van der Waals surface area contributed by atoms with Gasteiger partial charge in [-0.25, -0.2) is 4.98 Å². The second kappa shape index (κ2) is 6.50. The SMILES string of the molecule is COc1cc(Cl)cc(Oc2nnc(N)nc2-c2ccccc2)c1. The number of hydrogen-bond acceptors (Lipinski definition) is 6. The molecule has 0 aliphatic rings. The van der Waals surface area contributed by atoms with Gasteiger partial charge in [0.05, 0.1) is 7.11 Å². The molecule has 0 aliphatic carbocycles. The highest BCUT2D eigenvalue weighted by molar-refractivity contribution is 6.30. The van der Waals surface area contributed by atoms with E-state index in [4.69, 9.17) is 26.8 Å². The molecule has 23 heavy (non-hydrogen) atoms. The maximum Gasteiger partial charge on any atom is 0.265 e. The molecule has 0 radical (unpaired) electrons. The zero-order valence-corrected chi connectivity index (χ0v) is 13.0. The lowest BCUT2D eigenvalue weighted by Crippen LogP contribution is -2.02. The van der Waals surface area contributed by atoms with Gasteiger partial charge in [0.1, 0.15) is 17.2 Å². The van der Waals surface area contributed by atoms with Crippen LogP contribution in [0.3, 0.4) is 0 Å². The van der Waals surface area contributed by atoms with Gasteiger partial charge in [0.15, 0.2) is 0 Å². The summed E-state index contributed by atoms with van der Waals surface area (Å²) in [5.41, 5.74) is 6.96. The number of rotatable bonds is 4. The summed E-state index contributed by atoms with van der Waals surface area (Å²) in [7, 11) is 1.55. The Balaban J connectivity index is 2.02. The highest BCUT2D eigenvalue weighted by atomic mass is 35.5. The van der Waals surface area contributed by atoms with Crippen LogP contribution in [0.5, 0.6) is 17.4 Å². The lowest BCUT2D eigenvalue weighted by atomic mass is 10.1. The zero-order valence-electron chi connectivity index (χ0n) is 12.2. The van der Waals surface area contributed by atoms with Gasteiger partial charge in [0, 0.05) is 16.7 Å². The van der Waals surface area contributed by atoms with Crippen molar-refractivity contribution in [1.29, 1.82) is 0 Å². The third-order valence-corrected chi connectivity index (χ3v) is 3.23. The first kappa shape index (κ1) is 15.1. The number of methoxy groups -OCH3 is 1. The Morgan fingerprint density at radius 2 is 1.74 bits per heavy atom. The number of halogens is 1. The normalized spacial score (nSPS) is 10.3. The summed E-state index contributed by atoms with van der Waals surface area (Å²) in [6, 6.07) is 14.5. The van der Waals surface area contributed by atoms with Crippen molar-refractivity contribution in [2.24, 2.45) is 0 Å². The summed E-state index contributed by atoms with van der Waals surface area (Å²) in [4.78, 5) is 4.22. The van der Waals surface area contributed by atoms with Gasteiger partial charge >= 0.3 is 0 Å². The highest BCUT2D eigenvalue weighted by Crippen LogP contribution is 2.33. The fourth-order valence-corrected chi connectivity index (χ4v) is 2.22. The predicted octanol–water partition coefficient (Wildman–Crippen LogP) is 3.58. The third kappa shape index (κ3) is 3.49. The van der Waals surface area contributed by atoms with Gasteiger partial charge in [-0.2, -0.15) is 0 Å². The van der Waals surface area contributed by atoms with Crippen molar-refractivity contribution < 1.29 is 9.47 Å². The summed E-state index contributed by atoms with van der Waals surface area (Å²) in [5, 5.41) is 8.23. The van der Waals surface area contributed by atoms with Crippen LogP contribution in [-0.2, 0) is 0 Å². The maximum atomic E-state index is 6.05. The van der Waals surface area contributed by atoms with E-state index in [2.05, 4.69) is 15.2 Å². The van der Waals surface area contributed by atoms with E-state index < -0.39 is 0 Å². The number of nitrogens with two attached hydrogens (primary N) is 1. The van der Waals surface area contributed by atoms with E-state index >= 15 is 0 Å². The molecule has 116 valence electrons. The second-order valence-corrected chi connectivity index (χ2v) is 5.06. The molecule has 6 nitrogen and oxygen atoms in total. The number of nitrogen functional groups attached to an aromatic ring is 1. The first-order chi connectivity index (χ1) is 11.2. The fourth-order valence-electron chi connectivity index (χ4n) is 2.01.